The van der Waals surface area contributed by atoms with Crippen LogP contribution >= 0.6 is 11.8 Å². The molecule has 22 heavy (non-hydrogen) atoms. The normalized spacial score (nSPS) is 18.5. The zero-order valence-electron chi connectivity index (χ0n) is 12.1. The lowest BCUT2D eigenvalue weighted by molar-refractivity contribution is 0.0963. The number of pyridine rings is 1. The first kappa shape index (κ1) is 13.7. The second-order valence-corrected chi connectivity index (χ2v) is 6.05. The average molecular weight is 317 g/mol. The monoisotopic (exact) mass is 317 g/mol. The van der Waals surface area contributed by atoms with Gasteiger partial charge in [0.25, 0.3) is 11.3 Å². The van der Waals surface area contributed by atoms with Crippen molar-refractivity contribution in [1.82, 2.24) is 24.1 Å². The molecular weight excluding hydrogens is 302 g/mol. The zero-order chi connectivity index (χ0) is 15.1. The summed E-state index contributed by atoms with van der Waals surface area (Å²) >= 11 is 1.45. The van der Waals surface area contributed by atoms with E-state index in [9.17, 15) is 4.79 Å². The van der Waals surface area contributed by atoms with E-state index in [2.05, 4.69) is 15.1 Å². The fourth-order valence-corrected chi connectivity index (χ4v) is 3.12. The van der Waals surface area contributed by atoms with Crippen molar-refractivity contribution in [3.63, 3.8) is 0 Å². The minimum absolute atomic E-state index is 0.0661. The molecule has 0 bridgehead atoms. The van der Waals surface area contributed by atoms with Crippen LogP contribution in [0.3, 0.4) is 0 Å². The average Bonchev–Trinajstić information content (AvgIpc) is 3.18. The van der Waals surface area contributed by atoms with Crippen molar-refractivity contribution in [3.8, 4) is 0 Å². The summed E-state index contributed by atoms with van der Waals surface area (Å²) in [6.45, 7) is 1.37. The molecule has 114 valence electrons. The maximum atomic E-state index is 12.6. The van der Waals surface area contributed by atoms with Crippen LogP contribution in [0.25, 0.3) is 16.7 Å². The van der Waals surface area contributed by atoms with E-state index in [1.165, 1.54) is 11.8 Å². The van der Waals surface area contributed by atoms with Gasteiger partial charge in [-0.15, -0.1) is 5.10 Å². The Balaban J connectivity index is 1.84. The van der Waals surface area contributed by atoms with E-state index >= 15 is 0 Å². The Kier molecular flexibility index (Phi) is 3.34. The molecular formula is C14H15N5O2S. The van der Waals surface area contributed by atoms with Crippen molar-refractivity contribution in [2.75, 3.05) is 12.9 Å². The van der Waals surface area contributed by atoms with Gasteiger partial charge in [-0.3, -0.25) is 4.79 Å². The molecule has 8 heteroatoms. The van der Waals surface area contributed by atoms with Crippen LogP contribution in [0.2, 0.25) is 0 Å². The van der Waals surface area contributed by atoms with Gasteiger partial charge in [0.1, 0.15) is 0 Å². The summed E-state index contributed by atoms with van der Waals surface area (Å²) < 4.78 is 8.92. The van der Waals surface area contributed by atoms with Crippen molar-refractivity contribution >= 4 is 28.4 Å². The molecule has 1 aliphatic heterocycles. The van der Waals surface area contributed by atoms with Crippen LogP contribution in [0.1, 0.15) is 12.8 Å². The van der Waals surface area contributed by atoms with Gasteiger partial charge < -0.3 is 9.30 Å². The molecule has 3 aromatic heterocycles. The molecule has 4 rings (SSSR count). The number of fused-ring (bicyclic) bond motifs is 3. The Morgan fingerprint density at radius 1 is 1.50 bits per heavy atom. The SMILES string of the molecule is CSc1nc2ncc3c(=O)n(CC4CCCO4)ccc3n2n1. The highest BCUT2D eigenvalue weighted by atomic mass is 32.2. The van der Waals surface area contributed by atoms with E-state index in [4.69, 9.17) is 4.74 Å². The van der Waals surface area contributed by atoms with Gasteiger partial charge in [-0.05, 0) is 25.2 Å². The van der Waals surface area contributed by atoms with Gasteiger partial charge in [-0.1, -0.05) is 11.8 Å². The standard InChI is InChI=1S/C14H15N5O2S/c1-22-14-16-13-15-7-10-11(19(13)17-14)4-5-18(12(10)20)8-9-3-2-6-21-9/h4-5,7,9H,2-3,6,8H2,1H3. The maximum absolute atomic E-state index is 12.6. The Labute approximate surface area is 130 Å². The lowest BCUT2D eigenvalue weighted by Gasteiger charge is -2.12. The predicted molar refractivity (Wildman–Crippen MR) is 83.3 cm³/mol. The minimum atomic E-state index is -0.0661. The van der Waals surface area contributed by atoms with Crippen LogP contribution in [-0.4, -0.2) is 43.1 Å². The second kappa shape index (κ2) is 5.36. The molecule has 0 saturated carbocycles. The molecule has 0 spiro atoms. The lowest BCUT2D eigenvalue weighted by atomic mass is 10.2. The van der Waals surface area contributed by atoms with Crippen LogP contribution in [0.5, 0.6) is 0 Å². The third-order valence-corrected chi connectivity index (χ3v) is 4.43. The largest absolute Gasteiger partial charge is 0.376 e. The highest BCUT2D eigenvalue weighted by molar-refractivity contribution is 7.98. The Morgan fingerprint density at radius 3 is 3.18 bits per heavy atom. The van der Waals surface area contributed by atoms with Gasteiger partial charge in [0, 0.05) is 19.0 Å². The molecule has 1 saturated heterocycles. The molecule has 0 aromatic carbocycles. The zero-order valence-corrected chi connectivity index (χ0v) is 12.9. The van der Waals surface area contributed by atoms with Crippen LogP contribution in [0.15, 0.2) is 28.4 Å². The van der Waals surface area contributed by atoms with Gasteiger partial charge in [-0.25, -0.2) is 4.98 Å². The first-order valence-electron chi connectivity index (χ1n) is 7.17. The molecule has 3 aromatic rings. The quantitative estimate of drug-likeness (QED) is 0.679. The van der Waals surface area contributed by atoms with E-state index in [0.29, 0.717) is 22.9 Å². The highest BCUT2D eigenvalue weighted by Gasteiger charge is 2.17. The van der Waals surface area contributed by atoms with E-state index in [-0.39, 0.29) is 11.7 Å². The highest BCUT2D eigenvalue weighted by Crippen LogP contribution is 2.16. The van der Waals surface area contributed by atoms with Gasteiger partial charge in [0.05, 0.1) is 23.6 Å². The van der Waals surface area contributed by atoms with Gasteiger partial charge in [0.2, 0.25) is 5.16 Å². The fraction of sp³-hybridized carbons (Fsp3) is 0.429. The van der Waals surface area contributed by atoms with Crippen molar-refractivity contribution in [3.05, 3.63) is 28.8 Å². The van der Waals surface area contributed by atoms with Crippen molar-refractivity contribution < 1.29 is 4.74 Å². The predicted octanol–water partition coefficient (Wildman–Crippen LogP) is 1.34. The van der Waals surface area contributed by atoms with E-state index in [0.717, 1.165) is 25.0 Å². The summed E-state index contributed by atoms with van der Waals surface area (Å²) in [6.07, 6.45) is 7.48. The van der Waals surface area contributed by atoms with Crippen LogP contribution in [0.4, 0.5) is 0 Å². The summed E-state index contributed by atoms with van der Waals surface area (Å²) in [5.41, 5.74) is 0.662. The summed E-state index contributed by atoms with van der Waals surface area (Å²) in [5.74, 6) is 0.508. The topological polar surface area (TPSA) is 74.3 Å². The summed E-state index contributed by atoms with van der Waals surface area (Å²) in [5, 5.41) is 5.56. The number of hydrogen-bond acceptors (Lipinski definition) is 6. The molecule has 0 aliphatic carbocycles. The van der Waals surface area contributed by atoms with Gasteiger partial charge in [0.15, 0.2) is 0 Å². The second-order valence-electron chi connectivity index (χ2n) is 5.28. The molecule has 0 amide bonds. The molecule has 1 fully saturated rings. The van der Waals surface area contributed by atoms with E-state index in [1.54, 1.807) is 21.5 Å². The number of ether oxygens (including phenoxy) is 1. The number of nitrogens with zero attached hydrogens (tertiary/aromatic N) is 5. The van der Waals surface area contributed by atoms with Crippen LogP contribution in [-0.2, 0) is 11.3 Å². The summed E-state index contributed by atoms with van der Waals surface area (Å²) in [7, 11) is 0. The molecule has 4 heterocycles. The summed E-state index contributed by atoms with van der Waals surface area (Å²) in [6, 6.07) is 1.89. The minimum Gasteiger partial charge on any atom is -0.376 e. The molecule has 7 nitrogen and oxygen atoms in total. The smallest absolute Gasteiger partial charge is 0.261 e. The third-order valence-electron chi connectivity index (χ3n) is 3.89. The van der Waals surface area contributed by atoms with Crippen LogP contribution in [0, 0.1) is 0 Å². The fourth-order valence-electron chi connectivity index (χ4n) is 2.78. The van der Waals surface area contributed by atoms with Gasteiger partial charge >= 0.3 is 0 Å². The third kappa shape index (κ3) is 2.19. The molecule has 0 radical (unpaired) electrons. The number of aromatic nitrogens is 5. The molecule has 0 N–H and O–H groups in total. The Morgan fingerprint density at radius 2 is 2.41 bits per heavy atom. The number of hydrogen-bond donors (Lipinski definition) is 0. The Hall–Kier alpha value is -1.93. The first-order chi connectivity index (χ1) is 10.8. The maximum Gasteiger partial charge on any atom is 0.261 e. The van der Waals surface area contributed by atoms with Crippen molar-refractivity contribution in [2.24, 2.45) is 0 Å². The summed E-state index contributed by atoms with van der Waals surface area (Å²) in [4.78, 5) is 21.2. The molecule has 1 atom stereocenters. The van der Waals surface area contributed by atoms with E-state index < -0.39 is 0 Å². The first-order valence-corrected chi connectivity index (χ1v) is 8.39. The van der Waals surface area contributed by atoms with Crippen molar-refractivity contribution in [2.45, 2.75) is 30.6 Å². The van der Waals surface area contributed by atoms with Crippen LogP contribution < -0.4 is 5.56 Å². The van der Waals surface area contributed by atoms with E-state index in [1.807, 2.05) is 12.3 Å². The number of rotatable bonds is 3. The van der Waals surface area contributed by atoms with Crippen molar-refractivity contribution in [1.29, 1.82) is 0 Å². The lowest BCUT2D eigenvalue weighted by Crippen LogP contribution is -2.26. The van der Waals surface area contributed by atoms with Gasteiger partial charge in [-0.2, -0.15) is 9.50 Å². The molecule has 1 unspecified atom stereocenters. The Bertz CT molecular complexity index is 897. The molecule has 1 aliphatic rings. The number of thioether (sulfide) groups is 1.